The summed E-state index contributed by atoms with van der Waals surface area (Å²) in [5.41, 5.74) is 7.36. The molecule has 0 heterocycles. The third-order valence-corrected chi connectivity index (χ3v) is 2.46. The molecule has 0 amide bonds. The molecule has 2 N–H and O–H groups in total. The molecule has 0 spiro atoms. The molecule has 1 aromatic carbocycles. The summed E-state index contributed by atoms with van der Waals surface area (Å²) in [6.45, 7) is 1.87. The molecule has 1 rings (SSSR count). The molecule has 0 aliphatic carbocycles. The zero-order valence-corrected chi connectivity index (χ0v) is 9.37. The van der Waals surface area contributed by atoms with Gasteiger partial charge >= 0.3 is 0 Å². The predicted molar refractivity (Wildman–Crippen MR) is 65.4 cm³/mol. The highest BCUT2D eigenvalue weighted by Crippen LogP contribution is 2.06. The van der Waals surface area contributed by atoms with E-state index in [0.717, 1.165) is 25.7 Å². The van der Waals surface area contributed by atoms with Gasteiger partial charge in [0.2, 0.25) is 0 Å². The van der Waals surface area contributed by atoms with Gasteiger partial charge < -0.3 is 5.73 Å². The number of benzene rings is 1. The molecular weight excluding hydrogens is 182 g/mol. The molecular formula is C14H19N. The van der Waals surface area contributed by atoms with Crippen molar-refractivity contribution >= 4 is 0 Å². The molecule has 0 fully saturated rings. The van der Waals surface area contributed by atoms with Crippen molar-refractivity contribution in [3.63, 3.8) is 0 Å². The molecule has 0 bridgehead atoms. The van der Waals surface area contributed by atoms with Crippen molar-refractivity contribution in [3.8, 4) is 11.8 Å². The third-order valence-electron chi connectivity index (χ3n) is 2.46. The molecule has 1 heteroatoms. The monoisotopic (exact) mass is 201 g/mol. The van der Waals surface area contributed by atoms with Crippen LogP contribution in [0.3, 0.4) is 0 Å². The van der Waals surface area contributed by atoms with Gasteiger partial charge in [0.05, 0.1) is 0 Å². The lowest BCUT2D eigenvalue weighted by molar-refractivity contribution is 0.578. The van der Waals surface area contributed by atoms with Crippen LogP contribution in [0, 0.1) is 11.8 Å². The van der Waals surface area contributed by atoms with Crippen molar-refractivity contribution in [3.05, 3.63) is 35.9 Å². The fraction of sp³-hybridized carbons (Fsp3) is 0.429. The summed E-state index contributed by atoms with van der Waals surface area (Å²) in [5, 5.41) is 0. The van der Waals surface area contributed by atoms with Gasteiger partial charge in [0.25, 0.3) is 0 Å². The second kappa shape index (κ2) is 7.09. The molecule has 0 aliphatic heterocycles. The summed E-state index contributed by atoms with van der Waals surface area (Å²) in [6.07, 6.45) is 4.05. The summed E-state index contributed by atoms with van der Waals surface area (Å²) < 4.78 is 0. The van der Waals surface area contributed by atoms with Crippen LogP contribution in [0.25, 0.3) is 0 Å². The summed E-state index contributed by atoms with van der Waals surface area (Å²) in [7, 11) is 0. The summed E-state index contributed by atoms with van der Waals surface area (Å²) >= 11 is 0. The number of hydrogen-bond acceptors (Lipinski definition) is 1. The molecule has 0 aliphatic rings. The van der Waals surface area contributed by atoms with Gasteiger partial charge in [-0.05, 0) is 31.7 Å². The van der Waals surface area contributed by atoms with Gasteiger partial charge in [-0.15, -0.1) is 11.8 Å². The van der Waals surface area contributed by atoms with E-state index >= 15 is 0 Å². The lowest BCUT2D eigenvalue weighted by Gasteiger charge is -2.09. The Morgan fingerprint density at radius 3 is 2.60 bits per heavy atom. The maximum atomic E-state index is 5.99. The van der Waals surface area contributed by atoms with Crippen molar-refractivity contribution in [2.24, 2.45) is 5.73 Å². The minimum atomic E-state index is 0.283. The smallest absolute Gasteiger partial charge is 0.0103 e. The topological polar surface area (TPSA) is 26.0 Å². The second-order valence-electron chi connectivity index (χ2n) is 3.75. The zero-order chi connectivity index (χ0) is 10.9. The Hall–Kier alpha value is -1.26. The van der Waals surface area contributed by atoms with Crippen LogP contribution in [0.1, 0.15) is 31.7 Å². The lowest BCUT2D eigenvalue weighted by Crippen LogP contribution is -2.20. The maximum Gasteiger partial charge on any atom is 0.0103 e. The van der Waals surface area contributed by atoms with E-state index in [4.69, 9.17) is 5.73 Å². The van der Waals surface area contributed by atoms with Gasteiger partial charge in [0, 0.05) is 12.5 Å². The first kappa shape index (κ1) is 11.8. The Kier molecular flexibility index (Phi) is 5.58. The average molecular weight is 201 g/mol. The normalized spacial score (nSPS) is 11.6. The molecule has 1 unspecified atom stereocenters. The van der Waals surface area contributed by atoms with E-state index in [1.165, 1.54) is 5.56 Å². The van der Waals surface area contributed by atoms with E-state index < -0.39 is 0 Å². The molecule has 0 saturated heterocycles. The van der Waals surface area contributed by atoms with Crippen molar-refractivity contribution < 1.29 is 0 Å². The van der Waals surface area contributed by atoms with E-state index in [1.807, 2.05) is 13.0 Å². The molecule has 0 saturated carbocycles. The quantitative estimate of drug-likeness (QED) is 0.728. The van der Waals surface area contributed by atoms with E-state index in [-0.39, 0.29) is 6.04 Å². The molecule has 1 nitrogen and oxygen atoms in total. The molecule has 0 radical (unpaired) electrons. The van der Waals surface area contributed by atoms with Gasteiger partial charge in [-0.1, -0.05) is 30.3 Å². The number of aryl methyl sites for hydroxylation is 1. The second-order valence-corrected chi connectivity index (χ2v) is 3.75. The Morgan fingerprint density at radius 1 is 1.20 bits per heavy atom. The third kappa shape index (κ3) is 5.24. The van der Waals surface area contributed by atoms with Crippen LogP contribution < -0.4 is 5.73 Å². The minimum absolute atomic E-state index is 0.283. The largest absolute Gasteiger partial charge is 0.328 e. The van der Waals surface area contributed by atoms with Gasteiger partial charge in [-0.2, -0.15) is 0 Å². The number of rotatable bonds is 5. The lowest BCUT2D eigenvalue weighted by atomic mass is 10.0. The number of hydrogen-bond donors (Lipinski definition) is 1. The highest BCUT2D eigenvalue weighted by Gasteiger charge is 2.01. The van der Waals surface area contributed by atoms with Crippen LogP contribution in [0.5, 0.6) is 0 Å². The number of nitrogens with two attached hydrogens (primary N) is 1. The van der Waals surface area contributed by atoms with Crippen molar-refractivity contribution in [2.45, 2.75) is 38.6 Å². The van der Waals surface area contributed by atoms with Crippen molar-refractivity contribution in [2.75, 3.05) is 0 Å². The van der Waals surface area contributed by atoms with E-state index in [9.17, 15) is 0 Å². The highest BCUT2D eigenvalue weighted by molar-refractivity contribution is 5.14. The summed E-state index contributed by atoms with van der Waals surface area (Å²) in [4.78, 5) is 0. The van der Waals surface area contributed by atoms with Gasteiger partial charge in [-0.25, -0.2) is 0 Å². The van der Waals surface area contributed by atoms with Crippen LogP contribution in [-0.2, 0) is 6.42 Å². The minimum Gasteiger partial charge on any atom is -0.328 e. The predicted octanol–water partition coefficient (Wildman–Crippen LogP) is 2.75. The van der Waals surface area contributed by atoms with Crippen LogP contribution in [0.15, 0.2) is 30.3 Å². The van der Waals surface area contributed by atoms with Gasteiger partial charge in [-0.3, -0.25) is 0 Å². The first-order valence-electron chi connectivity index (χ1n) is 5.52. The Labute approximate surface area is 92.7 Å². The van der Waals surface area contributed by atoms with Gasteiger partial charge in [0.15, 0.2) is 0 Å². The Morgan fingerprint density at radius 2 is 1.93 bits per heavy atom. The maximum absolute atomic E-state index is 5.99. The molecule has 80 valence electrons. The average Bonchev–Trinajstić information content (AvgIpc) is 2.28. The van der Waals surface area contributed by atoms with Gasteiger partial charge in [0.1, 0.15) is 0 Å². The SMILES string of the molecule is CC#CCCC(N)CCc1ccccc1. The van der Waals surface area contributed by atoms with Crippen molar-refractivity contribution in [1.82, 2.24) is 0 Å². The summed E-state index contributed by atoms with van der Waals surface area (Å²) in [5.74, 6) is 5.94. The first-order chi connectivity index (χ1) is 7.33. The Bertz CT molecular complexity index is 318. The molecule has 0 aromatic heterocycles. The van der Waals surface area contributed by atoms with Crippen LogP contribution in [-0.4, -0.2) is 6.04 Å². The highest BCUT2D eigenvalue weighted by atomic mass is 14.6. The van der Waals surface area contributed by atoms with E-state index in [2.05, 4.69) is 36.1 Å². The van der Waals surface area contributed by atoms with Crippen LogP contribution >= 0.6 is 0 Å². The van der Waals surface area contributed by atoms with Crippen molar-refractivity contribution in [1.29, 1.82) is 0 Å². The fourth-order valence-corrected chi connectivity index (χ4v) is 1.52. The standard InChI is InChI=1S/C14H19N/c1-2-3-5-10-14(15)12-11-13-8-6-4-7-9-13/h4,6-9,14H,5,10-12,15H2,1H3. The van der Waals surface area contributed by atoms with Crippen LogP contribution in [0.4, 0.5) is 0 Å². The summed E-state index contributed by atoms with van der Waals surface area (Å²) in [6, 6.07) is 10.8. The Balaban J connectivity index is 2.21. The molecule has 15 heavy (non-hydrogen) atoms. The first-order valence-corrected chi connectivity index (χ1v) is 5.52. The fourth-order valence-electron chi connectivity index (χ4n) is 1.52. The molecule has 1 atom stereocenters. The van der Waals surface area contributed by atoms with Crippen LogP contribution in [0.2, 0.25) is 0 Å². The molecule has 1 aromatic rings. The zero-order valence-electron chi connectivity index (χ0n) is 9.37. The van der Waals surface area contributed by atoms with E-state index in [0.29, 0.717) is 0 Å². The van der Waals surface area contributed by atoms with E-state index in [1.54, 1.807) is 0 Å².